The number of carboxylic acids is 1. The third-order valence-corrected chi connectivity index (χ3v) is 6.67. The first-order valence-electron chi connectivity index (χ1n) is 12.4. The molecule has 0 unspecified atom stereocenters. The van der Waals surface area contributed by atoms with Gasteiger partial charge in [0.05, 0.1) is 0 Å². The molecule has 1 saturated heterocycles. The summed E-state index contributed by atoms with van der Waals surface area (Å²) >= 11 is 0. The first kappa shape index (κ1) is 25.5. The number of benzene rings is 2. The standard InChI is InChI=1S/C28H34N2O6/c1-28(2,3)36-27(34)30-14-8-9-18(16-30)15-24(25(31)32)29-26(33)35-17-23-21-12-6-4-10-19(21)20-11-5-7-13-22(20)23/h4-7,10-13,18,23-24H,8-9,14-17H2,1-3H3,(H,29,33)(H,31,32)/t18-,24-/m0/s1. The molecule has 1 aliphatic carbocycles. The molecule has 8 nitrogen and oxygen atoms in total. The van der Waals surface area contributed by atoms with Gasteiger partial charge in [-0.3, -0.25) is 0 Å². The molecule has 2 amide bonds. The van der Waals surface area contributed by atoms with Crippen LogP contribution in [0.25, 0.3) is 11.1 Å². The molecular formula is C28H34N2O6. The summed E-state index contributed by atoms with van der Waals surface area (Å²) in [6.45, 7) is 6.51. The molecule has 2 aliphatic rings. The van der Waals surface area contributed by atoms with Crippen LogP contribution in [-0.2, 0) is 14.3 Å². The number of likely N-dealkylation sites (tertiary alicyclic amines) is 1. The van der Waals surface area contributed by atoms with Gasteiger partial charge in [0.25, 0.3) is 0 Å². The van der Waals surface area contributed by atoms with Gasteiger partial charge in [0.2, 0.25) is 0 Å². The lowest BCUT2D eigenvalue weighted by molar-refractivity contribution is -0.139. The van der Waals surface area contributed by atoms with E-state index >= 15 is 0 Å². The Morgan fingerprint density at radius 1 is 1.06 bits per heavy atom. The molecular weight excluding hydrogens is 460 g/mol. The molecule has 2 aromatic rings. The predicted octanol–water partition coefficient (Wildman–Crippen LogP) is 5.02. The lowest BCUT2D eigenvalue weighted by atomic mass is 9.91. The van der Waals surface area contributed by atoms with Gasteiger partial charge in [-0.15, -0.1) is 0 Å². The Labute approximate surface area is 211 Å². The van der Waals surface area contributed by atoms with Crippen molar-refractivity contribution in [1.29, 1.82) is 0 Å². The summed E-state index contributed by atoms with van der Waals surface area (Å²) in [5.41, 5.74) is 3.82. The second-order valence-electron chi connectivity index (χ2n) is 10.5. The third-order valence-electron chi connectivity index (χ3n) is 6.67. The summed E-state index contributed by atoms with van der Waals surface area (Å²) in [7, 11) is 0. The molecule has 1 aliphatic heterocycles. The zero-order valence-electron chi connectivity index (χ0n) is 21.0. The molecule has 0 spiro atoms. The minimum atomic E-state index is -1.13. The fourth-order valence-corrected chi connectivity index (χ4v) is 5.09. The van der Waals surface area contributed by atoms with Crippen LogP contribution >= 0.6 is 0 Å². The van der Waals surface area contributed by atoms with Crippen LogP contribution in [0.2, 0.25) is 0 Å². The minimum absolute atomic E-state index is 0.0683. The van der Waals surface area contributed by atoms with Gasteiger partial charge < -0.3 is 24.8 Å². The van der Waals surface area contributed by atoms with Crippen molar-refractivity contribution in [2.75, 3.05) is 19.7 Å². The average Bonchev–Trinajstić information content (AvgIpc) is 3.15. The van der Waals surface area contributed by atoms with Crippen molar-refractivity contribution < 1.29 is 29.0 Å². The largest absolute Gasteiger partial charge is 0.480 e. The quantitative estimate of drug-likeness (QED) is 0.585. The molecule has 0 bridgehead atoms. The van der Waals surface area contributed by atoms with Gasteiger partial charge >= 0.3 is 18.2 Å². The number of ether oxygens (including phenoxy) is 2. The number of carbonyl (C=O) groups is 3. The highest BCUT2D eigenvalue weighted by Gasteiger charge is 2.33. The Bertz CT molecular complexity index is 1080. The number of carbonyl (C=O) groups excluding carboxylic acids is 2. The molecule has 0 saturated carbocycles. The lowest BCUT2D eigenvalue weighted by Gasteiger charge is -2.35. The van der Waals surface area contributed by atoms with Crippen LogP contribution in [0.4, 0.5) is 9.59 Å². The van der Waals surface area contributed by atoms with E-state index in [1.165, 1.54) is 0 Å². The number of aliphatic carboxylic acids is 1. The van der Waals surface area contributed by atoms with Crippen molar-refractivity contribution in [1.82, 2.24) is 10.2 Å². The highest BCUT2D eigenvalue weighted by Crippen LogP contribution is 2.44. The summed E-state index contributed by atoms with van der Waals surface area (Å²) in [6.07, 6.45) is 0.572. The van der Waals surface area contributed by atoms with Crippen molar-refractivity contribution in [3.05, 3.63) is 59.7 Å². The van der Waals surface area contributed by atoms with Gasteiger partial charge in [-0.2, -0.15) is 0 Å². The van der Waals surface area contributed by atoms with Crippen LogP contribution in [0.3, 0.4) is 0 Å². The summed E-state index contributed by atoms with van der Waals surface area (Å²) in [5, 5.41) is 12.3. The average molecular weight is 495 g/mol. The molecule has 2 atom stereocenters. The molecule has 36 heavy (non-hydrogen) atoms. The summed E-state index contributed by atoms with van der Waals surface area (Å²) in [4.78, 5) is 38.6. The van der Waals surface area contributed by atoms with Crippen molar-refractivity contribution in [3.8, 4) is 11.1 Å². The minimum Gasteiger partial charge on any atom is -0.480 e. The molecule has 2 aromatic carbocycles. The smallest absolute Gasteiger partial charge is 0.410 e. The normalized spacial score (nSPS) is 18.1. The maximum Gasteiger partial charge on any atom is 0.410 e. The maximum absolute atomic E-state index is 12.6. The summed E-state index contributed by atoms with van der Waals surface area (Å²) in [6, 6.07) is 15.0. The molecule has 1 fully saturated rings. The van der Waals surface area contributed by atoms with Crippen molar-refractivity contribution in [2.24, 2.45) is 5.92 Å². The number of alkyl carbamates (subject to hydrolysis) is 1. The van der Waals surface area contributed by atoms with E-state index in [-0.39, 0.29) is 24.9 Å². The van der Waals surface area contributed by atoms with E-state index < -0.39 is 29.8 Å². The van der Waals surface area contributed by atoms with Gasteiger partial charge in [-0.25, -0.2) is 14.4 Å². The van der Waals surface area contributed by atoms with Crippen LogP contribution in [0, 0.1) is 5.92 Å². The topological polar surface area (TPSA) is 105 Å². The summed E-state index contributed by atoms with van der Waals surface area (Å²) < 4.78 is 11.0. The van der Waals surface area contributed by atoms with E-state index in [1.54, 1.807) is 4.90 Å². The number of amides is 2. The van der Waals surface area contributed by atoms with E-state index in [1.807, 2.05) is 57.2 Å². The van der Waals surface area contributed by atoms with Gasteiger partial charge in [0.15, 0.2) is 0 Å². The van der Waals surface area contributed by atoms with Gasteiger partial charge in [0, 0.05) is 19.0 Å². The molecule has 192 valence electrons. The Balaban J connectivity index is 1.34. The van der Waals surface area contributed by atoms with Crippen LogP contribution < -0.4 is 5.32 Å². The van der Waals surface area contributed by atoms with Gasteiger partial charge in [-0.1, -0.05) is 48.5 Å². The van der Waals surface area contributed by atoms with Crippen LogP contribution in [0.5, 0.6) is 0 Å². The van der Waals surface area contributed by atoms with Gasteiger partial charge in [0.1, 0.15) is 18.2 Å². The number of piperidine rings is 1. The summed E-state index contributed by atoms with van der Waals surface area (Å²) in [5.74, 6) is -1.30. The molecule has 0 radical (unpaired) electrons. The zero-order valence-corrected chi connectivity index (χ0v) is 21.0. The van der Waals surface area contributed by atoms with E-state index in [4.69, 9.17) is 9.47 Å². The molecule has 1 heterocycles. The Morgan fingerprint density at radius 3 is 2.25 bits per heavy atom. The second kappa shape index (κ2) is 10.6. The zero-order chi connectivity index (χ0) is 25.9. The number of nitrogens with one attached hydrogen (secondary N) is 1. The Morgan fingerprint density at radius 2 is 1.67 bits per heavy atom. The number of fused-ring (bicyclic) bond motifs is 3. The fraction of sp³-hybridized carbons (Fsp3) is 0.464. The van der Waals surface area contributed by atoms with E-state index in [9.17, 15) is 19.5 Å². The van der Waals surface area contributed by atoms with Crippen molar-refractivity contribution in [3.63, 3.8) is 0 Å². The number of rotatable bonds is 6. The SMILES string of the molecule is CC(C)(C)OC(=O)N1CCC[C@@H](C[C@H](NC(=O)OCC2c3ccccc3-c3ccccc32)C(=O)O)C1. The van der Waals surface area contributed by atoms with Crippen molar-refractivity contribution >= 4 is 18.2 Å². The molecule has 2 N–H and O–H groups in total. The third kappa shape index (κ3) is 5.98. The van der Waals surface area contributed by atoms with E-state index in [0.29, 0.717) is 13.1 Å². The van der Waals surface area contributed by atoms with Crippen LogP contribution in [0.1, 0.15) is 57.1 Å². The number of hydrogen-bond acceptors (Lipinski definition) is 5. The molecule has 4 rings (SSSR count). The first-order chi connectivity index (χ1) is 17.1. The number of nitrogens with zero attached hydrogens (tertiary/aromatic N) is 1. The van der Waals surface area contributed by atoms with Gasteiger partial charge in [-0.05, 0) is 68.2 Å². The van der Waals surface area contributed by atoms with Crippen LogP contribution in [-0.4, -0.2) is 59.5 Å². The molecule has 0 aromatic heterocycles. The lowest BCUT2D eigenvalue weighted by Crippen LogP contribution is -2.47. The van der Waals surface area contributed by atoms with Crippen LogP contribution in [0.15, 0.2) is 48.5 Å². The first-order valence-corrected chi connectivity index (χ1v) is 12.4. The fourth-order valence-electron chi connectivity index (χ4n) is 5.09. The predicted molar refractivity (Wildman–Crippen MR) is 135 cm³/mol. The monoisotopic (exact) mass is 494 g/mol. The maximum atomic E-state index is 12.6. The Hall–Kier alpha value is -3.55. The number of carboxylic acid groups (broad SMARTS) is 1. The Kier molecular flexibility index (Phi) is 7.52. The van der Waals surface area contributed by atoms with E-state index in [0.717, 1.165) is 35.1 Å². The van der Waals surface area contributed by atoms with E-state index in [2.05, 4.69) is 17.4 Å². The second-order valence-corrected chi connectivity index (χ2v) is 10.5. The van der Waals surface area contributed by atoms with Crippen molar-refractivity contribution in [2.45, 2.75) is 57.6 Å². The number of hydrogen-bond donors (Lipinski definition) is 2. The molecule has 8 heteroatoms. The highest BCUT2D eigenvalue weighted by atomic mass is 16.6. The highest BCUT2D eigenvalue weighted by molar-refractivity contribution is 5.81.